The van der Waals surface area contributed by atoms with Crippen molar-refractivity contribution in [3.05, 3.63) is 11.1 Å². The quantitative estimate of drug-likeness (QED) is 0.771. The minimum Gasteiger partial charge on any atom is -0.444 e. The molecule has 1 heterocycles. The summed E-state index contributed by atoms with van der Waals surface area (Å²) in [6.45, 7) is 8.94. The zero-order chi connectivity index (χ0) is 15.7. The fraction of sp³-hybridized carbons (Fsp3) is 0.786. The fourth-order valence-electron chi connectivity index (χ4n) is 1.76. The number of rotatable bonds is 8. The average molecular weight is 314 g/mol. The van der Waals surface area contributed by atoms with E-state index in [0.717, 1.165) is 25.0 Å². The maximum atomic E-state index is 11.7. The van der Waals surface area contributed by atoms with Gasteiger partial charge in [0, 0.05) is 24.5 Å². The van der Waals surface area contributed by atoms with Gasteiger partial charge < -0.3 is 15.4 Å². The normalized spacial score (nSPS) is 13.0. The van der Waals surface area contributed by atoms with Crippen LogP contribution in [0, 0.1) is 0 Å². The number of unbranched alkanes of at least 4 members (excludes halogenated alkanes) is 1. The number of ether oxygens (including phenoxy) is 1. The Morgan fingerprint density at radius 2 is 2.24 bits per heavy atom. The van der Waals surface area contributed by atoms with Gasteiger partial charge in [0.15, 0.2) is 0 Å². The highest BCUT2D eigenvalue weighted by Gasteiger charge is 2.17. The maximum absolute atomic E-state index is 11.7. The second-order valence-electron chi connectivity index (χ2n) is 6.00. The number of nitrogens with zero attached hydrogens (tertiary/aromatic N) is 2. The summed E-state index contributed by atoms with van der Waals surface area (Å²) in [5, 5.41) is 12.2. The van der Waals surface area contributed by atoms with Crippen LogP contribution in [0.3, 0.4) is 0 Å². The average Bonchev–Trinajstić information content (AvgIpc) is 2.89. The van der Waals surface area contributed by atoms with Gasteiger partial charge in [0.1, 0.15) is 5.60 Å². The molecule has 21 heavy (non-hydrogen) atoms. The van der Waals surface area contributed by atoms with E-state index < -0.39 is 5.60 Å². The second-order valence-corrected chi connectivity index (χ2v) is 6.61. The van der Waals surface area contributed by atoms with Gasteiger partial charge in [0.05, 0.1) is 5.69 Å². The van der Waals surface area contributed by atoms with Crippen LogP contribution < -0.4 is 10.6 Å². The topological polar surface area (TPSA) is 76.1 Å². The molecule has 0 aliphatic carbocycles. The molecule has 7 heteroatoms. The molecule has 6 nitrogen and oxygen atoms in total. The van der Waals surface area contributed by atoms with Crippen LogP contribution in [0.2, 0.25) is 0 Å². The van der Waals surface area contributed by atoms with E-state index in [0.29, 0.717) is 13.1 Å². The lowest BCUT2D eigenvalue weighted by atomic mass is 10.1. The van der Waals surface area contributed by atoms with Crippen LogP contribution in [0.5, 0.6) is 0 Å². The molecule has 1 unspecified atom stereocenters. The van der Waals surface area contributed by atoms with Crippen LogP contribution in [-0.2, 0) is 11.3 Å². The first-order valence-electron chi connectivity index (χ1n) is 7.37. The molecule has 0 aromatic carbocycles. The van der Waals surface area contributed by atoms with Crippen molar-refractivity contribution >= 4 is 17.6 Å². The van der Waals surface area contributed by atoms with Crippen LogP contribution in [0.4, 0.5) is 4.79 Å². The van der Waals surface area contributed by atoms with Gasteiger partial charge in [-0.05, 0) is 38.7 Å². The van der Waals surface area contributed by atoms with Gasteiger partial charge in [-0.25, -0.2) is 4.79 Å². The summed E-state index contributed by atoms with van der Waals surface area (Å²) >= 11 is 1.34. The highest BCUT2D eigenvalue weighted by molar-refractivity contribution is 7.03. The Morgan fingerprint density at radius 3 is 2.81 bits per heavy atom. The maximum Gasteiger partial charge on any atom is 0.407 e. The molecule has 120 valence electrons. The molecule has 1 aromatic rings. The molecule has 1 rings (SSSR count). The molecule has 0 saturated heterocycles. The first-order chi connectivity index (χ1) is 9.90. The number of aromatic nitrogens is 2. The van der Waals surface area contributed by atoms with Gasteiger partial charge in [0.25, 0.3) is 0 Å². The molecular weight excluding hydrogens is 288 g/mol. The molecule has 0 radical (unpaired) electrons. The van der Waals surface area contributed by atoms with E-state index in [1.54, 1.807) is 0 Å². The number of amides is 1. The molecule has 1 amide bonds. The van der Waals surface area contributed by atoms with Crippen molar-refractivity contribution in [3.63, 3.8) is 0 Å². The number of carbonyl (C=O) groups excluding carboxylic acids is 1. The molecule has 0 fully saturated rings. The summed E-state index contributed by atoms with van der Waals surface area (Å²) in [7, 11) is 0. The highest BCUT2D eigenvalue weighted by Crippen LogP contribution is 2.07. The van der Waals surface area contributed by atoms with Crippen LogP contribution >= 0.6 is 11.5 Å². The smallest absolute Gasteiger partial charge is 0.407 e. The lowest BCUT2D eigenvalue weighted by molar-refractivity contribution is 0.0521. The lowest BCUT2D eigenvalue weighted by Crippen LogP contribution is -2.42. The van der Waals surface area contributed by atoms with Crippen molar-refractivity contribution in [2.45, 2.75) is 65.1 Å². The van der Waals surface area contributed by atoms with E-state index in [9.17, 15) is 4.79 Å². The highest BCUT2D eigenvalue weighted by atomic mass is 32.1. The summed E-state index contributed by atoms with van der Waals surface area (Å²) in [4.78, 5) is 11.7. The van der Waals surface area contributed by atoms with E-state index in [4.69, 9.17) is 4.74 Å². The predicted molar refractivity (Wildman–Crippen MR) is 84.3 cm³/mol. The predicted octanol–water partition coefficient (Wildman–Crippen LogP) is 2.71. The number of carbonyl (C=O) groups is 1. The van der Waals surface area contributed by atoms with Crippen molar-refractivity contribution in [2.24, 2.45) is 0 Å². The monoisotopic (exact) mass is 314 g/mol. The van der Waals surface area contributed by atoms with Gasteiger partial charge in [-0.3, -0.25) is 0 Å². The third kappa shape index (κ3) is 8.62. The summed E-state index contributed by atoms with van der Waals surface area (Å²) in [6.07, 6.45) is 2.87. The Kier molecular flexibility index (Phi) is 7.60. The minimum absolute atomic E-state index is 0.208. The van der Waals surface area contributed by atoms with Gasteiger partial charge in [0.2, 0.25) is 0 Å². The van der Waals surface area contributed by atoms with Crippen LogP contribution in [0.15, 0.2) is 5.38 Å². The largest absolute Gasteiger partial charge is 0.444 e. The zero-order valence-corrected chi connectivity index (χ0v) is 14.1. The Bertz CT molecular complexity index is 404. The Hall–Kier alpha value is -1.21. The Balaban J connectivity index is 2.36. The molecule has 0 bridgehead atoms. The summed E-state index contributed by atoms with van der Waals surface area (Å²) in [5.41, 5.74) is 0.460. The SMILES string of the molecule is CCCCC(CNC(=O)OC(C)(C)C)NCc1csnn1. The summed E-state index contributed by atoms with van der Waals surface area (Å²) < 4.78 is 9.08. The van der Waals surface area contributed by atoms with Crippen LogP contribution in [0.1, 0.15) is 52.7 Å². The lowest BCUT2D eigenvalue weighted by Gasteiger charge is -2.22. The van der Waals surface area contributed by atoms with Crippen LogP contribution in [-0.4, -0.2) is 33.9 Å². The van der Waals surface area contributed by atoms with Crippen molar-refractivity contribution < 1.29 is 9.53 Å². The standard InChI is InChI=1S/C14H26N4O2S/c1-5-6-7-11(15-9-12-10-21-18-17-12)8-16-13(19)20-14(2,3)4/h10-11,15H,5-9H2,1-4H3,(H,16,19). The molecule has 0 aliphatic rings. The van der Waals surface area contributed by atoms with Crippen molar-refractivity contribution in [2.75, 3.05) is 6.54 Å². The molecule has 0 spiro atoms. The third-order valence-corrected chi connectivity index (χ3v) is 3.33. The van der Waals surface area contributed by atoms with Gasteiger partial charge in [-0.1, -0.05) is 24.3 Å². The van der Waals surface area contributed by atoms with Crippen molar-refractivity contribution in [1.82, 2.24) is 20.2 Å². The first-order valence-corrected chi connectivity index (χ1v) is 8.20. The van der Waals surface area contributed by atoms with E-state index in [1.807, 2.05) is 26.2 Å². The Morgan fingerprint density at radius 1 is 1.48 bits per heavy atom. The zero-order valence-electron chi connectivity index (χ0n) is 13.3. The number of alkyl carbamates (subject to hydrolysis) is 1. The summed E-state index contributed by atoms with van der Waals surface area (Å²) in [5.74, 6) is 0. The van der Waals surface area contributed by atoms with E-state index >= 15 is 0 Å². The Labute approximate surface area is 130 Å². The molecular formula is C14H26N4O2S. The van der Waals surface area contributed by atoms with E-state index in [2.05, 4.69) is 27.1 Å². The van der Waals surface area contributed by atoms with E-state index in [1.165, 1.54) is 11.5 Å². The second kappa shape index (κ2) is 8.94. The van der Waals surface area contributed by atoms with E-state index in [-0.39, 0.29) is 12.1 Å². The fourth-order valence-corrected chi connectivity index (χ4v) is 2.21. The minimum atomic E-state index is -0.470. The number of nitrogens with one attached hydrogen (secondary N) is 2. The number of hydrogen-bond donors (Lipinski definition) is 2. The van der Waals surface area contributed by atoms with Gasteiger partial charge in [-0.15, -0.1) is 5.10 Å². The van der Waals surface area contributed by atoms with Crippen molar-refractivity contribution in [1.29, 1.82) is 0 Å². The molecule has 1 atom stereocenters. The van der Waals surface area contributed by atoms with Gasteiger partial charge >= 0.3 is 6.09 Å². The molecule has 2 N–H and O–H groups in total. The third-order valence-electron chi connectivity index (χ3n) is 2.77. The molecule has 1 aromatic heterocycles. The van der Waals surface area contributed by atoms with Crippen molar-refractivity contribution in [3.8, 4) is 0 Å². The van der Waals surface area contributed by atoms with Crippen LogP contribution in [0.25, 0.3) is 0 Å². The van der Waals surface area contributed by atoms with Gasteiger partial charge in [-0.2, -0.15) is 0 Å². The first kappa shape index (κ1) is 17.8. The molecule has 0 saturated carbocycles. The number of hydrogen-bond acceptors (Lipinski definition) is 6. The molecule has 0 aliphatic heterocycles. The summed E-state index contributed by atoms with van der Waals surface area (Å²) in [6, 6.07) is 0.208.